The molecule has 13 heavy (non-hydrogen) atoms. The fourth-order valence-electron chi connectivity index (χ4n) is 1.05. The van der Waals surface area contributed by atoms with Crippen LogP contribution in [0.15, 0.2) is 12.4 Å². The average molecular weight is 179 g/mol. The van der Waals surface area contributed by atoms with Gasteiger partial charge in [0.15, 0.2) is 0 Å². The predicted molar refractivity (Wildman–Crippen MR) is 54.9 cm³/mol. The molecule has 0 aliphatic heterocycles. The van der Waals surface area contributed by atoms with Gasteiger partial charge in [-0.3, -0.25) is 0 Å². The summed E-state index contributed by atoms with van der Waals surface area (Å²) in [5.74, 6) is 0.905. The molecule has 1 N–H and O–H groups in total. The van der Waals surface area contributed by atoms with E-state index in [0.717, 1.165) is 18.1 Å². The molecule has 0 amide bonds. The van der Waals surface area contributed by atoms with Crippen LogP contribution in [0.25, 0.3) is 0 Å². The van der Waals surface area contributed by atoms with Gasteiger partial charge < -0.3 is 5.32 Å². The fraction of sp³-hybridized carbons (Fsp3) is 0.600. The SMILES string of the molecule is CCNc1cc(C(C)(C)C)ncn1. The molecule has 0 fully saturated rings. The van der Waals surface area contributed by atoms with Crippen LogP contribution >= 0.6 is 0 Å². The summed E-state index contributed by atoms with van der Waals surface area (Å²) in [6.07, 6.45) is 1.61. The van der Waals surface area contributed by atoms with E-state index >= 15 is 0 Å². The van der Waals surface area contributed by atoms with Crippen LogP contribution in [0.4, 0.5) is 5.82 Å². The highest BCUT2D eigenvalue weighted by Gasteiger charge is 2.15. The molecule has 3 heteroatoms. The molecule has 0 aliphatic carbocycles. The minimum absolute atomic E-state index is 0.0904. The molecule has 72 valence electrons. The molecule has 3 nitrogen and oxygen atoms in total. The molecule has 0 bridgehead atoms. The van der Waals surface area contributed by atoms with Gasteiger partial charge in [-0.05, 0) is 6.92 Å². The largest absolute Gasteiger partial charge is 0.370 e. The third kappa shape index (κ3) is 2.68. The van der Waals surface area contributed by atoms with Crippen LogP contribution in [-0.2, 0) is 5.41 Å². The van der Waals surface area contributed by atoms with E-state index in [4.69, 9.17) is 0 Å². The van der Waals surface area contributed by atoms with Crippen molar-refractivity contribution in [2.45, 2.75) is 33.1 Å². The van der Waals surface area contributed by atoms with Crippen LogP contribution in [-0.4, -0.2) is 16.5 Å². The van der Waals surface area contributed by atoms with Gasteiger partial charge >= 0.3 is 0 Å². The highest BCUT2D eigenvalue weighted by molar-refractivity contribution is 5.36. The molecule has 0 unspecified atom stereocenters. The zero-order chi connectivity index (χ0) is 9.90. The number of rotatable bonds is 2. The van der Waals surface area contributed by atoms with Crippen LogP contribution < -0.4 is 5.32 Å². The summed E-state index contributed by atoms with van der Waals surface area (Å²) in [6.45, 7) is 9.38. The van der Waals surface area contributed by atoms with E-state index in [0.29, 0.717) is 0 Å². The maximum Gasteiger partial charge on any atom is 0.129 e. The molecule has 1 aromatic heterocycles. The standard InChI is InChI=1S/C10H17N3/c1-5-11-9-6-8(10(2,3)4)12-7-13-9/h6-7H,5H2,1-4H3,(H,11,12,13). The zero-order valence-electron chi connectivity index (χ0n) is 8.76. The highest BCUT2D eigenvalue weighted by Crippen LogP contribution is 2.20. The Bertz CT molecular complexity index is 276. The second-order valence-electron chi connectivity index (χ2n) is 4.07. The summed E-state index contributed by atoms with van der Waals surface area (Å²) in [5.41, 5.74) is 1.16. The third-order valence-corrected chi connectivity index (χ3v) is 1.79. The Labute approximate surface area is 79.6 Å². The normalized spacial score (nSPS) is 11.4. The summed E-state index contributed by atoms with van der Waals surface area (Å²) in [7, 11) is 0. The number of nitrogens with zero attached hydrogens (tertiary/aromatic N) is 2. The summed E-state index contributed by atoms with van der Waals surface area (Å²) in [4.78, 5) is 8.36. The smallest absolute Gasteiger partial charge is 0.129 e. The molecule has 0 radical (unpaired) electrons. The molecular weight excluding hydrogens is 162 g/mol. The Morgan fingerprint density at radius 3 is 2.54 bits per heavy atom. The van der Waals surface area contributed by atoms with Gasteiger partial charge in [-0.15, -0.1) is 0 Å². The summed E-state index contributed by atoms with van der Waals surface area (Å²) in [6, 6.07) is 2.00. The van der Waals surface area contributed by atoms with Gasteiger partial charge in [0.2, 0.25) is 0 Å². The van der Waals surface area contributed by atoms with Gasteiger partial charge in [0.25, 0.3) is 0 Å². The predicted octanol–water partition coefficient (Wildman–Crippen LogP) is 2.21. The van der Waals surface area contributed by atoms with Crippen LogP contribution in [0, 0.1) is 0 Å². The second-order valence-corrected chi connectivity index (χ2v) is 4.07. The summed E-state index contributed by atoms with van der Waals surface area (Å²) < 4.78 is 0. The Kier molecular flexibility index (Phi) is 2.86. The first-order chi connectivity index (χ1) is 6.04. The monoisotopic (exact) mass is 179 g/mol. The average Bonchev–Trinajstić information content (AvgIpc) is 2.04. The van der Waals surface area contributed by atoms with E-state index in [9.17, 15) is 0 Å². The fourth-order valence-corrected chi connectivity index (χ4v) is 1.05. The number of hydrogen-bond acceptors (Lipinski definition) is 3. The summed E-state index contributed by atoms with van der Waals surface area (Å²) >= 11 is 0. The number of anilines is 1. The van der Waals surface area contributed by atoms with Crippen molar-refractivity contribution in [3.05, 3.63) is 18.1 Å². The van der Waals surface area contributed by atoms with Crippen molar-refractivity contribution in [3.8, 4) is 0 Å². The van der Waals surface area contributed by atoms with E-state index in [1.54, 1.807) is 6.33 Å². The zero-order valence-corrected chi connectivity index (χ0v) is 8.76. The molecular formula is C10H17N3. The van der Waals surface area contributed by atoms with Crippen molar-refractivity contribution < 1.29 is 0 Å². The molecule has 0 atom stereocenters. The number of hydrogen-bond donors (Lipinski definition) is 1. The minimum atomic E-state index is 0.0904. The Balaban J connectivity index is 2.92. The Hall–Kier alpha value is -1.12. The van der Waals surface area contributed by atoms with Gasteiger partial charge in [0.05, 0.1) is 5.69 Å². The summed E-state index contributed by atoms with van der Waals surface area (Å²) in [5, 5.41) is 3.17. The van der Waals surface area contributed by atoms with E-state index in [-0.39, 0.29) is 5.41 Å². The topological polar surface area (TPSA) is 37.8 Å². The van der Waals surface area contributed by atoms with Crippen LogP contribution in [0.5, 0.6) is 0 Å². The second kappa shape index (κ2) is 3.73. The van der Waals surface area contributed by atoms with Crippen molar-refractivity contribution in [1.29, 1.82) is 0 Å². The molecule has 1 aromatic rings. The molecule has 0 spiro atoms. The molecule has 1 rings (SSSR count). The van der Waals surface area contributed by atoms with Gasteiger partial charge in [-0.25, -0.2) is 9.97 Å². The van der Waals surface area contributed by atoms with Crippen molar-refractivity contribution in [3.63, 3.8) is 0 Å². The van der Waals surface area contributed by atoms with E-state index in [1.165, 1.54) is 0 Å². The Morgan fingerprint density at radius 1 is 1.31 bits per heavy atom. The van der Waals surface area contributed by atoms with E-state index < -0.39 is 0 Å². The lowest BCUT2D eigenvalue weighted by Gasteiger charge is -2.17. The van der Waals surface area contributed by atoms with Gasteiger partial charge in [-0.2, -0.15) is 0 Å². The van der Waals surface area contributed by atoms with Gasteiger partial charge in [0, 0.05) is 18.0 Å². The van der Waals surface area contributed by atoms with E-state index in [2.05, 4.69) is 43.0 Å². The van der Waals surface area contributed by atoms with E-state index in [1.807, 2.05) is 6.07 Å². The van der Waals surface area contributed by atoms with Gasteiger partial charge in [-0.1, -0.05) is 20.8 Å². The highest BCUT2D eigenvalue weighted by atomic mass is 15.0. The van der Waals surface area contributed by atoms with Crippen molar-refractivity contribution in [1.82, 2.24) is 9.97 Å². The molecule has 0 aliphatic rings. The first-order valence-electron chi connectivity index (χ1n) is 4.60. The maximum absolute atomic E-state index is 4.24. The minimum Gasteiger partial charge on any atom is -0.370 e. The van der Waals surface area contributed by atoms with Crippen molar-refractivity contribution in [2.75, 3.05) is 11.9 Å². The Morgan fingerprint density at radius 2 is 2.00 bits per heavy atom. The van der Waals surface area contributed by atoms with Gasteiger partial charge in [0.1, 0.15) is 12.1 Å². The maximum atomic E-state index is 4.24. The third-order valence-electron chi connectivity index (χ3n) is 1.79. The first kappa shape index (κ1) is 9.96. The van der Waals surface area contributed by atoms with Crippen molar-refractivity contribution >= 4 is 5.82 Å². The van der Waals surface area contributed by atoms with Crippen LogP contribution in [0.1, 0.15) is 33.4 Å². The van der Waals surface area contributed by atoms with Crippen molar-refractivity contribution in [2.24, 2.45) is 0 Å². The van der Waals surface area contributed by atoms with Crippen LogP contribution in [0.3, 0.4) is 0 Å². The molecule has 0 aromatic carbocycles. The molecule has 1 heterocycles. The molecule has 0 saturated carbocycles. The quantitative estimate of drug-likeness (QED) is 0.756. The molecule has 0 saturated heterocycles. The van der Waals surface area contributed by atoms with Crippen LogP contribution in [0.2, 0.25) is 0 Å². The number of aromatic nitrogens is 2. The first-order valence-corrected chi connectivity index (χ1v) is 4.60. The number of nitrogens with one attached hydrogen (secondary N) is 1. The lowest BCUT2D eigenvalue weighted by atomic mass is 9.92. The lowest BCUT2D eigenvalue weighted by molar-refractivity contribution is 0.567. The lowest BCUT2D eigenvalue weighted by Crippen LogP contribution is -2.14.